The Morgan fingerprint density at radius 1 is 1.13 bits per heavy atom. The highest BCUT2D eigenvalue weighted by Crippen LogP contribution is 2.17. The van der Waals surface area contributed by atoms with E-state index < -0.39 is 0 Å². The van der Waals surface area contributed by atoms with Gasteiger partial charge in [0.15, 0.2) is 0 Å². The molecule has 1 rings (SSSR count). The zero-order chi connectivity index (χ0) is 11.1. The summed E-state index contributed by atoms with van der Waals surface area (Å²) in [4.78, 5) is 0. The topological polar surface area (TPSA) is 50.1 Å². The molecule has 15 heavy (non-hydrogen) atoms. The molecule has 0 amide bonds. The molecule has 0 aromatic rings. The van der Waals surface area contributed by atoms with Crippen molar-refractivity contribution >= 4 is 0 Å². The van der Waals surface area contributed by atoms with Gasteiger partial charge in [-0.2, -0.15) is 0 Å². The minimum Gasteiger partial charge on any atom is -0.327 e. The molecule has 0 spiro atoms. The molecule has 3 nitrogen and oxygen atoms in total. The number of hydrogen-bond acceptors (Lipinski definition) is 3. The number of nitrogens with two attached hydrogens (primary N) is 1. The summed E-state index contributed by atoms with van der Waals surface area (Å²) in [6.07, 6.45) is 6.95. The molecule has 0 aromatic carbocycles. The molecule has 0 aliphatic heterocycles. The van der Waals surface area contributed by atoms with Crippen molar-refractivity contribution in [2.75, 3.05) is 13.1 Å². The van der Waals surface area contributed by atoms with Gasteiger partial charge in [0.25, 0.3) is 0 Å². The smallest absolute Gasteiger partial charge is 0.0164 e. The van der Waals surface area contributed by atoms with Gasteiger partial charge in [-0.15, -0.1) is 0 Å². The van der Waals surface area contributed by atoms with Crippen molar-refractivity contribution in [1.82, 2.24) is 10.6 Å². The van der Waals surface area contributed by atoms with E-state index in [1.54, 1.807) is 0 Å². The van der Waals surface area contributed by atoms with Crippen LogP contribution in [0, 0.1) is 0 Å². The number of hydrogen-bond donors (Lipinski definition) is 3. The molecular weight excluding hydrogens is 186 g/mol. The monoisotopic (exact) mass is 213 g/mol. The fraction of sp³-hybridized carbons (Fsp3) is 1.00. The Morgan fingerprint density at radius 2 is 1.80 bits per heavy atom. The first kappa shape index (κ1) is 12.9. The van der Waals surface area contributed by atoms with Crippen LogP contribution in [0.5, 0.6) is 0 Å². The fourth-order valence-electron chi connectivity index (χ4n) is 2.11. The van der Waals surface area contributed by atoms with Crippen molar-refractivity contribution in [3.8, 4) is 0 Å². The van der Waals surface area contributed by atoms with Crippen LogP contribution in [0.15, 0.2) is 0 Å². The van der Waals surface area contributed by atoms with Crippen LogP contribution < -0.4 is 16.4 Å². The summed E-state index contributed by atoms with van der Waals surface area (Å²) in [5.74, 6) is 0. The van der Waals surface area contributed by atoms with Crippen LogP contribution >= 0.6 is 0 Å². The van der Waals surface area contributed by atoms with Gasteiger partial charge in [0.2, 0.25) is 0 Å². The van der Waals surface area contributed by atoms with Gasteiger partial charge >= 0.3 is 0 Å². The van der Waals surface area contributed by atoms with E-state index in [4.69, 9.17) is 5.73 Å². The molecule has 90 valence electrons. The van der Waals surface area contributed by atoms with Gasteiger partial charge in [-0.25, -0.2) is 0 Å². The normalized spacial score (nSPS) is 22.6. The average Bonchev–Trinajstić information content (AvgIpc) is 2.25. The lowest BCUT2D eigenvalue weighted by Gasteiger charge is -2.25. The SMILES string of the molecule is CC(N)CNC(C)CNC1CCCCC1. The summed E-state index contributed by atoms with van der Waals surface area (Å²) in [5, 5.41) is 7.08. The van der Waals surface area contributed by atoms with Crippen molar-refractivity contribution in [2.45, 2.75) is 64.1 Å². The van der Waals surface area contributed by atoms with E-state index in [-0.39, 0.29) is 6.04 Å². The molecule has 2 unspecified atom stereocenters. The van der Waals surface area contributed by atoms with Gasteiger partial charge in [0, 0.05) is 31.2 Å². The van der Waals surface area contributed by atoms with Crippen molar-refractivity contribution in [3.63, 3.8) is 0 Å². The maximum absolute atomic E-state index is 5.70. The molecular formula is C12H27N3. The molecule has 2 atom stereocenters. The Kier molecular flexibility index (Phi) is 6.22. The number of rotatable bonds is 6. The second-order valence-corrected chi connectivity index (χ2v) is 5.03. The van der Waals surface area contributed by atoms with Crippen molar-refractivity contribution in [2.24, 2.45) is 5.73 Å². The molecule has 4 N–H and O–H groups in total. The van der Waals surface area contributed by atoms with Crippen LogP contribution in [0.4, 0.5) is 0 Å². The molecule has 0 radical (unpaired) electrons. The Balaban J connectivity index is 2.02. The highest BCUT2D eigenvalue weighted by Gasteiger charge is 2.13. The van der Waals surface area contributed by atoms with E-state index in [1.807, 2.05) is 6.92 Å². The van der Waals surface area contributed by atoms with E-state index in [0.29, 0.717) is 6.04 Å². The average molecular weight is 213 g/mol. The quantitative estimate of drug-likeness (QED) is 0.622. The number of nitrogens with one attached hydrogen (secondary N) is 2. The lowest BCUT2D eigenvalue weighted by molar-refractivity contribution is 0.355. The van der Waals surface area contributed by atoms with Crippen molar-refractivity contribution < 1.29 is 0 Å². The summed E-state index contributed by atoms with van der Waals surface area (Å²) >= 11 is 0. The third-order valence-corrected chi connectivity index (χ3v) is 3.11. The lowest BCUT2D eigenvalue weighted by Crippen LogP contribution is -2.44. The molecule has 1 aliphatic carbocycles. The van der Waals surface area contributed by atoms with Crippen LogP contribution in [0.2, 0.25) is 0 Å². The van der Waals surface area contributed by atoms with E-state index in [1.165, 1.54) is 32.1 Å². The minimum absolute atomic E-state index is 0.252. The maximum atomic E-state index is 5.70. The zero-order valence-electron chi connectivity index (χ0n) is 10.3. The van der Waals surface area contributed by atoms with Gasteiger partial charge in [-0.1, -0.05) is 19.3 Å². The molecule has 0 heterocycles. The standard InChI is InChI=1S/C12H27N3/c1-10(13)8-14-11(2)9-15-12-6-4-3-5-7-12/h10-12,14-15H,3-9,13H2,1-2H3. The third kappa shape index (κ3) is 6.13. The lowest BCUT2D eigenvalue weighted by atomic mass is 9.95. The molecule has 0 bridgehead atoms. The van der Waals surface area contributed by atoms with Gasteiger partial charge < -0.3 is 16.4 Å². The summed E-state index contributed by atoms with van der Waals surface area (Å²) in [6.45, 7) is 6.23. The first-order valence-electron chi connectivity index (χ1n) is 6.41. The van der Waals surface area contributed by atoms with E-state index in [9.17, 15) is 0 Å². The van der Waals surface area contributed by atoms with E-state index >= 15 is 0 Å². The molecule has 1 fully saturated rings. The van der Waals surface area contributed by atoms with Gasteiger partial charge in [-0.05, 0) is 26.7 Å². The summed E-state index contributed by atoms with van der Waals surface area (Å²) in [6, 6.07) is 1.54. The van der Waals surface area contributed by atoms with Crippen LogP contribution in [0.25, 0.3) is 0 Å². The van der Waals surface area contributed by atoms with Gasteiger partial charge in [0.1, 0.15) is 0 Å². The molecule has 1 saturated carbocycles. The zero-order valence-corrected chi connectivity index (χ0v) is 10.3. The Morgan fingerprint density at radius 3 is 2.40 bits per heavy atom. The van der Waals surface area contributed by atoms with E-state index in [2.05, 4.69) is 17.6 Å². The second kappa shape index (κ2) is 7.20. The predicted molar refractivity (Wildman–Crippen MR) is 66.0 cm³/mol. The van der Waals surface area contributed by atoms with Crippen LogP contribution in [-0.2, 0) is 0 Å². The van der Waals surface area contributed by atoms with Crippen LogP contribution in [0.1, 0.15) is 46.0 Å². The Hall–Kier alpha value is -0.120. The van der Waals surface area contributed by atoms with Crippen LogP contribution in [-0.4, -0.2) is 31.2 Å². The molecule has 0 aromatic heterocycles. The maximum Gasteiger partial charge on any atom is 0.0164 e. The second-order valence-electron chi connectivity index (χ2n) is 5.03. The largest absolute Gasteiger partial charge is 0.327 e. The summed E-state index contributed by atoms with van der Waals surface area (Å²) in [7, 11) is 0. The Labute approximate surface area is 94.2 Å². The fourth-order valence-corrected chi connectivity index (χ4v) is 2.11. The minimum atomic E-state index is 0.252. The first-order valence-corrected chi connectivity index (χ1v) is 6.41. The van der Waals surface area contributed by atoms with Crippen molar-refractivity contribution in [1.29, 1.82) is 0 Å². The van der Waals surface area contributed by atoms with Crippen LogP contribution in [0.3, 0.4) is 0 Å². The van der Waals surface area contributed by atoms with E-state index in [0.717, 1.165) is 19.1 Å². The third-order valence-electron chi connectivity index (χ3n) is 3.11. The van der Waals surface area contributed by atoms with Gasteiger partial charge in [-0.3, -0.25) is 0 Å². The summed E-state index contributed by atoms with van der Waals surface area (Å²) in [5.41, 5.74) is 5.70. The molecule has 1 aliphatic rings. The Bertz CT molecular complexity index is 153. The van der Waals surface area contributed by atoms with Gasteiger partial charge in [0.05, 0.1) is 0 Å². The molecule has 3 heteroatoms. The highest BCUT2D eigenvalue weighted by molar-refractivity contribution is 4.75. The summed E-state index contributed by atoms with van der Waals surface area (Å²) < 4.78 is 0. The highest BCUT2D eigenvalue weighted by atomic mass is 15.0. The first-order chi connectivity index (χ1) is 7.18. The predicted octanol–water partition coefficient (Wildman–Crippen LogP) is 1.23. The molecule has 0 saturated heterocycles. The van der Waals surface area contributed by atoms with Crippen molar-refractivity contribution in [3.05, 3.63) is 0 Å².